The molecule has 0 spiro atoms. The number of anilines is 1. The van der Waals surface area contributed by atoms with Gasteiger partial charge in [-0.15, -0.1) is 0 Å². The van der Waals surface area contributed by atoms with Crippen molar-refractivity contribution in [3.63, 3.8) is 0 Å². The molecule has 0 bridgehead atoms. The minimum Gasteiger partial charge on any atom is -0.372 e. The highest BCUT2D eigenvalue weighted by Gasteiger charge is 2.08. The summed E-state index contributed by atoms with van der Waals surface area (Å²) < 4.78 is 14.2. The summed E-state index contributed by atoms with van der Waals surface area (Å²) in [7, 11) is 1.94. The van der Waals surface area contributed by atoms with Gasteiger partial charge in [-0.3, -0.25) is 0 Å². The fraction of sp³-hybridized carbons (Fsp3) is 0.333. The molecule has 0 aliphatic rings. The van der Waals surface area contributed by atoms with Crippen molar-refractivity contribution < 1.29 is 4.39 Å². The van der Waals surface area contributed by atoms with Crippen LogP contribution in [0.4, 0.5) is 10.1 Å². The van der Waals surface area contributed by atoms with E-state index in [-0.39, 0.29) is 5.82 Å². The molecule has 2 aromatic rings. The summed E-state index contributed by atoms with van der Waals surface area (Å²) in [6.07, 6.45) is 0.913. The second-order valence-electron chi connectivity index (χ2n) is 5.22. The van der Waals surface area contributed by atoms with Crippen LogP contribution in [-0.2, 0) is 13.0 Å². The lowest BCUT2D eigenvalue weighted by Gasteiger charge is -2.20. The Kier molecular flexibility index (Phi) is 5.76. The van der Waals surface area contributed by atoms with E-state index in [0.717, 1.165) is 25.1 Å². The molecule has 0 amide bonds. The van der Waals surface area contributed by atoms with Crippen molar-refractivity contribution in [2.45, 2.75) is 19.9 Å². The standard InChI is InChI=1S/C18H23FN2/c1-3-20-14-16-9-10-18(17(19)13-16)21(2)12-11-15-7-5-4-6-8-15/h4-10,13,20H,3,11-12,14H2,1-2H3. The van der Waals surface area contributed by atoms with Gasteiger partial charge in [-0.1, -0.05) is 43.3 Å². The van der Waals surface area contributed by atoms with Crippen LogP contribution in [-0.4, -0.2) is 20.1 Å². The second kappa shape index (κ2) is 7.79. The highest BCUT2D eigenvalue weighted by atomic mass is 19.1. The lowest BCUT2D eigenvalue weighted by Crippen LogP contribution is -2.21. The maximum Gasteiger partial charge on any atom is 0.146 e. The average Bonchev–Trinajstić information content (AvgIpc) is 2.51. The van der Waals surface area contributed by atoms with Gasteiger partial charge in [0.25, 0.3) is 0 Å². The van der Waals surface area contributed by atoms with E-state index in [1.807, 2.05) is 49.2 Å². The molecule has 0 saturated heterocycles. The van der Waals surface area contributed by atoms with Gasteiger partial charge in [-0.25, -0.2) is 4.39 Å². The molecule has 2 nitrogen and oxygen atoms in total. The number of halogens is 1. The predicted molar refractivity (Wildman–Crippen MR) is 87.2 cm³/mol. The zero-order valence-electron chi connectivity index (χ0n) is 12.8. The summed E-state index contributed by atoms with van der Waals surface area (Å²) in [5.41, 5.74) is 2.91. The largest absolute Gasteiger partial charge is 0.372 e. The summed E-state index contributed by atoms with van der Waals surface area (Å²) in [5.74, 6) is -0.152. The molecule has 1 N–H and O–H groups in total. The molecule has 0 aliphatic carbocycles. The van der Waals surface area contributed by atoms with Crippen LogP contribution in [0.15, 0.2) is 48.5 Å². The van der Waals surface area contributed by atoms with Gasteiger partial charge in [0.15, 0.2) is 0 Å². The Balaban J connectivity index is 1.97. The Morgan fingerprint density at radius 3 is 2.48 bits per heavy atom. The Bertz CT molecular complexity index is 554. The Morgan fingerprint density at radius 1 is 1.05 bits per heavy atom. The third kappa shape index (κ3) is 4.57. The van der Waals surface area contributed by atoms with E-state index in [2.05, 4.69) is 17.4 Å². The number of rotatable bonds is 7. The summed E-state index contributed by atoms with van der Waals surface area (Å²) in [6, 6.07) is 15.8. The molecule has 0 fully saturated rings. The highest BCUT2D eigenvalue weighted by Crippen LogP contribution is 2.20. The molecule has 0 unspecified atom stereocenters. The smallest absolute Gasteiger partial charge is 0.146 e. The van der Waals surface area contributed by atoms with Crippen LogP contribution in [0.3, 0.4) is 0 Å². The molecule has 2 aromatic carbocycles. The highest BCUT2D eigenvalue weighted by molar-refractivity contribution is 5.48. The molecule has 112 valence electrons. The lowest BCUT2D eigenvalue weighted by atomic mass is 10.1. The second-order valence-corrected chi connectivity index (χ2v) is 5.22. The van der Waals surface area contributed by atoms with Crippen LogP contribution in [0.5, 0.6) is 0 Å². The van der Waals surface area contributed by atoms with Crippen LogP contribution < -0.4 is 10.2 Å². The van der Waals surface area contributed by atoms with Gasteiger partial charge in [0.05, 0.1) is 5.69 Å². The van der Waals surface area contributed by atoms with E-state index < -0.39 is 0 Å². The van der Waals surface area contributed by atoms with Gasteiger partial charge in [-0.2, -0.15) is 0 Å². The van der Waals surface area contributed by atoms with Gasteiger partial charge < -0.3 is 10.2 Å². The molecular weight excluding hydrogens is 263 g/mol. The van der Waals surface area contributed by atoms with Crippen molar-refractivity contribution in [1.82, 2.24) is 5.32 Å². The topological polar surface area (TPSA) is 15.3 Å². The number of likely N-dealkylation sites (N-methyl/N-ethyl adjacent to an activating group) is 1. The average molecular weight is 286 g/mol. The quantitative estimate of drug-likeness (QED) is 0.836. The first-order valence-electron chi connectivity index (χ1n) is 7.45. The van der Waals surface area contributed by atoms with Gasteiger partial charge in [0, 0.05) is 20.1 Å². The summed E-state index contributed by atoms with van der Waals surface area (Å²) in [4.78, 5) is 1.97. The Hall–Kier alpha value is -1.87. The zero-order valence-corrected chi connectivity index (χ0v) is 12.8. The zero-order chi connectivity index (χ0) is 15.1. The van der Waals surface area contributed by atoms with E-state index in [9.17, 15) is 4.39 Å². The van der Waals surface area contributed by atoms with Crippen molar-refractivity contribution in [3.8, 4) is 0 Å². The number of hydrogen-bond acceptors (Lipinski definition) is 2. The molecule has 0 aliphatic heterocycles. The van der Waals surface area contributed by atoms with E-state index in [1.165, 1.54) is 5.56 Å². The Labute approximate surface area is 126 Å². The van der Waals surface area contributed by atoms with Crippen LogP contribution in [0.1, 0.15) is 18.1 Å². The van der Waals surface area contributed by atoms with Crippen LogP contribution in [0.25, 0.3) is 0 Å². The van der Waals surface area contributed by atoms with E-state index in [0.29, 0.717) is 12.2 Å². The third-order valence-electron chi connectivity index (χ3n) is 3.58. The molecular formula is C18H23FN2. The van der Waals surface area contributed by atoms with Crippen LogP contribution in [0, 0.1) is 5.82 Å². The SMILES string of the molecule is CCNCc1ccc(N(C)CCc2ccccc2)c(F)c1. The summed E-state index contributed by atoms with van der Waals surface area (Å²) in [5, 5.41) is 3.21. The number of benzene rings is 2. The van der Waals surface area contributed by atoms with Crippen LogP contribution >= 0.6 is 0 Å². The van der Waals surface area contributed by atoms with Crippen molar-refractivity contribution in [2.24, 2.45) is 0 Å². The molecule has 0 saturated carbocycles. The predicted octanol–water partition coefficient (Wildman–Crippen LogP) is 3.61. The molecule has 21 heavy (non-hydrogen) atoms. The number of nitrogens with zero attached hydrogens (tertiary/aromatic N) is 1. The first-order chi connectivity index (χ1) is 10.2. The molecule has 0 aromatic heterocycles. The first-order valence-corrected chi connectivity index (χ1v) is 7.45. The monoisotopic (exact) mass is 286 g/mol. The van der Waals surface area contributed by atoms with Gasteiger partial charge in [-0.05, 0) is 36.2 Å². The third-order valence-corrected chi connectivity index (χ3v) is 3.58. The maximum atomic E-state index is 14.2. The molecule has 2 rings (SSSR count). The minimum atomic E-state index is -0.152. The number of nitrogens with one attached hydrogen (secondary N) is 1. The summed E-state index contributed by atoms with van der Waals surface area (Å²) in [6.45, 7) is 4.44. The summed E-state index contributed by atoms with van der Waals surface area (Å²) >= 11 is 0. The first kappa shape index (κ1) is 15.5. The van der Waals surface area contributed by atoms with Crippen molar-refractivity contribution in [1.29, 1.82) is 0 Å². The Morgan fingerprint density at radius 2 is 1.81 bits per heavy atom. The normalized spacial score (nSPS) is 10.6. The van der Waals surface area contributed by atoms with E-state index >= 15 is 0 Å². The fourth-order valence-corrected chi connectivity index (χ4v) is 2.30. The molecule has 0 radical (unpaired) electrons. The molecule has 0 atom stereocenters. The fourth-order valence-electron chi connectivity index (χ4n) is 2.30. The van der Waals surface area contributed by atoms with E-state index in [1.54, 1.807) is 6.07 Å². The van der Waals surface area contributed by atoms with Crippen molar-refractivity contribution in [2.75, 3.05) is 25.0 Å². The van der Waals surface area contributed by atoms with Crippen molar-refractivity contribution in [3.05, 3.63) is 65.5 Å². The number of hydrogen-bond donors (Lipinski definition) is 1. The van der Waals surface area contributed by atoms with Gasteiger partial charge in [0.1, 0.15) is 5.82 Å². The van der Waals surface area contributed by atoms with Crippen molar-refractivity contribution >= 4 is 5.69 Å². The van der Waals surface area contributed by atoms with Crippen LogP contribution in [0.2, 0.25) is 0 Å². The van der Waals surface area contributed by atoms with Gasteiger partial charge >= 0.3 is 0 Å². The van der Waals surface area contributed by atoms with E-state index in [4.69, 9.17) is 0 Å². The van der Waals surface area contributed by atoms with Gasteiger partial charge in [0.2, 0.25) is 0 Å². The molecule has 3 heteroatoms. The maximum absolute atomic E-state index is 14.2. The minimum absolute atomic E-state index is 0.152. The molecule has 0 heterocycles. The lowest BCUT2D eigenvalue weighted by molar-refractivity contribution is 0.616.